The van der Waals surface area contributed by atoms with Gasteiger partial charge in [-0.2, -0.15) is 0 Å². The number of aliphatic hydroxyl groups is 3. The maximum Gasteiger partial charge on any atom is 0.472 e. The van der Waals surface area contributed by atoms with Gasteiger partial charge in [-0.1, -0.05) is 89.9 Å². The molecule has 0 saturated heterocycles. The minimum Gasteiger partial charge on any atom is -0.456 e. The van der Waals surface area contributed by atoms with Crippen molar-refractivity contribution >= 4 is 35.4 Å². The molecule has 1 aliphatic carbocycles. The molecule has 0 heterocycles. The zero-order chi connectivity index (χ0) is 42.9. The monoisotopic (exact) mass is 901 g/mol. The fraction of sp³-hybridized carbons (Fsp3) is 0.714. The predicted octanol–water partition coefficient (Wildman–Crippen LogP) is 4.39. The van der Waals surface area contributed by atoms with E-state index in [0.717, 1.165) is 25.7 Å². The lowest BCUT2D eigenvalue weighted by Crippen LogP contribution is -2.65. The van der Waals surface area contributed by atoms with E-state index in [1.54, 1.807) is 6.92 Å². The summed E-state index contributed by atoms with van der Waals surface area (Å²) < 4.78 is 64.3. The molecule has 0 aromatic rings. The van der Waals surface area contributed by atoms with Gasteiger partial charge in [0.1, 0.15) is 43.2 Å². The van der Waals surface area contributed by atoms with E-state index < -0.39 is 91.3 Å². The Hall–Kier alpha value is -2.65. The van der Waals surface area contributed by atoms with Gasteiger partial charge in [0, 0.05) is 22.3 Å². The van der Waals surface area contributed by atoms with Crippen LogP contribution in [0, 0.1) is 47.4 Å². The van der Waals surface area contributed by atoms with Crippen LogP contribution in [0.4, 0.5) is 0 Å². The standard InChI is InChI=1S/C35H53O19P3.H3N.7H2/c1-3-5-7-9-11-12-13-14-15-16-18-20-22-24-29(37)51-27(25-49-28(36)23-21-19-17-10-8-6-4-2)26-50-57(47,48)54-35-31(39)33(52-55(41,42)43)30(38)34(32(35)40)53-56(44,45)46;;;;;;;;/h27,30-35,38-40H,3,5,7,9,11-16,18,20,22,24-26H2,1-2H3,(H,47,48)(H2,41,42,43)(H2,44,45,46);1H3;7*1H/t27-,30?,31-,32?,33-,34+,35?;;;;;;;;/m1......../s1. The molecule has 0 aromatic heterocycles. The summed E-state index contributed by atoms with van der Waals surface area (Å²) >= 11 is 0. The minimum absolute atomic E-state index is 0. The van der Waals surface area contributed by atoms with Gasteiger partial charge in [0.05, 0.1) is 6.61 Å². The Morgan fingerprint density at radius 2 is 1.03 bits per heavy atom. The van der Waals surface area contributed by atoms with Gasteiger partial charge in [-0.05, 0) is 48.9 Å². The number of unbranched alkanes of at least 4 members (excludes halogenated alkanes) is 12. The van der Waals surface area contributed by atoms with Crippen LogP contribution in [0.15, 0.2) is 0 Å². The Balaban J connectivity index is -0.000000677. The van der Waals surface area contributed by atoms with Crippen LogP contribution in [0.2, 0.25) is 0 Å². The molecule has 8 atom stereocenters. The fourth-order valence-electron chi connectivity index (χ4n) is 5.34. The molecule has 1 saturated carbocycles. The highest BCUT2D eigenvalue weighted by Gasteiger charge is 2.56. The summed E-state index contributed by atoms with van der Waals surface area (Å²) in [7, 11) is -16.7. The normalized spacial score (nSPS) is 21.7. The molecule has 4 unspecified atom stereocenters. The number of phosphoric ester groups is 3. The Labute approximate surface area is 349 Å². The zero-order valence-corrected chi connectivity index (χ0v) is 35.2. The van der Waals surface area contributed by atoms with Crippen LogP contribution in [0.1, 0.15) is 114 Å². The second-order valence-corrected chi connectivity index (χ2v) is 16.5. The largest absolute Gasteiger partial charge is 0.472 e. The second kappa shape index (κ2) is 29.6. The van der Waals surface area contributed by atoms with Crippen LogP contribution in [0.3, 0.4) is 0 Å². The summed E-state index contributed by atoms with van der Waals surface area (Å²) in [5.74, 6) is 16.6. The molecule has 0 spiro atoms. The van der Waals surface area contributed by atoms with E-state index in [4.69, 9.17) is 18.5 Å². The first-order chi connectivity index (χ1) is 26.8. The molecule has 23 heteroatoms. The van der Waals surface area contributed by atoms with Crippen LogP contribution >= 0.6 is 23.5 Å². The number of esters is 2. The lowest BCUT2D eigenvalue weighted by atomic mass is 9.85. The summed E-state index contributed by atoms with van der Waals surface area (Å²) in [6.07, 6.45) is -2.85. The summed E-state index contributed by atoms with van der Waals surface area (Å²) in [6.45, 7) is 1.96. The first-order valence-corrected chi connectivity index (χ1v) is 22.8. The van der Waals surface area contributed by atoms with E-state index in [2.05, 4.69) is 57.4 Å². The summed E-state index contributed by atoms with van der Waals surface area (Å²) in [4.78, 5) is 72.1. The number of carbonyl (C=O) groups excluding carboxylic acids is 2. The number of hydrogen-bond acceptors (Lipinski definition) is 15. The molecule has 1 aliphatic rings. The number of aliphatic hydroxyl groups excluding tert-OH is 3. The third kappa shape index (κ3) is 25.8. The molecular formula is C35H70NO19P3. The van der Waals surface area contributed by atoms with Crippen molar-refractivity contribution in [2.75, 3.05) is 13.2 Å². The van der Waals surface area contributed by atoms with Crippen molar-refractivity contribution in [1.29, 1.82) is 0 Å². The molecule has 0 aliphatic heterocycles. The topological polar surface area (TPSA) is 338 Å². The molecular weight excluding hydrogens is 831 g/mol. The van der Waals surface area contributed by atoms with Crippen LogP contribution < -0.4 is 6.15 Å². The van der Waals surface area contributed by atoms with E-state index >= 15 is 0 Å². The number of phosphoric acid groups is 3. The molecule has 0 amide bonds. The van der Waals surface area contributed by atoms with Crippen molar-refractivity contribution in [2.45, 2.75) is 146 Å². The molecule has 1 rings (SSSR count). The van der Waals surface area contributed by atoms with E-state index in [1.807, 2.05) is 5.92 Å². The first-order valence-electron chi connectivity index (χ1n) is 18.3. The van der Waals surface area contributed by atoms with Gasteiger partial charge >= 0.3 is 35.4 Å². The van der Waals surface area contributed by atoms with E-state index in [1.165, 1.54) is 44.9 Å². The van der Waals surface area contributed by atoms with Gasteiger partial charge in [-0.15, -0.1) is 0 Å². The van der Waals surface area contributed by atoms with Gasteiger partial charge in [-0.25, -0.2) is 18.5 Å². The van der Waals surface area contributed by atoms with Crippen molar-refractivity contribution < 1.29 is 101 Å². The predicted molar refractivity (Wildman–Crippen MR) is 220 cm³/mol. The van der Waals surface area contributed by atoms with E-state index in [9.17, 15) is 63.1 Å². The molecule has 11 N–H and O–H groups in total. The van der Waals surface area contributed by atoms with Crippen molar-refractivity contribution in [3.63, 3.8) is 0 Å². The zero-order valence-electron chi connectivity index (χ0n) is 32.5. The van der Waals surface area contributed by atoms with Crippen molar-refractivity contribution in [3.8, 4) is 47.4 Å². The minimum atomic E-state index is -5.57. The molecule has 58 heavy (non-hydrogen) atoms. The number of ether oxygens (including phenoxy) is 2. The summed E-state index contributed by atoms with van der Waals surface area (Å²) in [6, 6.07) is 0. The second-order valence-electron chi connectivity index (χ2n) is 12.8. The van der Waals surface area contributed by atoms with Gasteiger partial charge in [0.25, 0.3) is 0 Å². The quantitative estimate of drug-likeness (QED) is 0.0191. The highest BCUT2D eigenvalue weighted by molar-refractivity contribution is 7.47. The Morgan fingerprint density at radius 3 is 1.48 bits per heavy atom. The third-order valence-electron chi connectivity index (χ3n) is 8.00. The van der Waals surface area contributed by atoms with Crippen LogP contribution in [-0.2, 0) is 50.9 Å². The van der Waals surface area contributed by atoms with Crippen LogP contribution in [0.5, 0.6) is 0 Å². The Morgan fingerprint density at radius 1 is 0.621 bits per heavy atom. The Bertz CT molecular complexity index is 1650. The van der Waals surface area contributed by atoms with Gasteiger partial charge < -0.3 is 55.4 Å². The lowest BCUT2D eigenvalue weighted by molar-refractivity contribution is -0.213. The number of carbonyl (C=O) groups is 2. The van der Waals surface area contributed by atoms with Crippen LogP contribution in [0.25, 0.3) is 0 Å². The molecule has 0 radical (unpaired) electrons. The summed E-state index contributed by atoms with van der Waals surface area (Å²) in [5.41, 5.74) is 0. The van der Waals surface area contributed by atoms with Gasteiger partial charge in [0.2, 0.25) is 0 Å². The highest BCUT2D eigenvalue weighted by Crippen LogP contribution is 2.51. The lowest BCUT2D eigenvalue weighted by Gasteiger charge is -2.44. The average Bonchev–Trinajstić information content (AvgIpc) is 3.12. The van der Waals surface area contributed by atoms with Crippen molar-refractivity contribution in [3.05, 3.63) is 0 Å². The molecule has 1 fully saturated rings. The molecule has 0 aromatic carbocycles. The third-order valence-corrected chi connectivity index (χ3v) is 10.0. The van der Waals surface area contributed by atoms with Gasteiger partial charge in [-0.3, -0.25) is 22.9 Å². The van der Waals surface area contributed by atoms with Crippen molar-refractivity contribution in [2.24, 2.45) is 0 Å². The maximum atomic E-state index is 13.0. The fourth-order valence-corrected chi connectivity index (χ4v) is 7.45. The van der Waals surface area contributed by atoms with Crippen molar-refractivity contribution in [1.82, 2.24) is 6.15 Å². The summed E-state index contributed by atoms with van der Waals surface area (Å²) in [5, 5.41) is 31.6. The van der Waals surface area contributed by atoms with E-state index in [0.29, 0.717) is 12.8 Å². The highest BCUT2D eigenvalue weighted by atomic mass is 31.2. The molecule has 20 nitrogen and oxygen atoms in total. The smallest absolute Gasteiger partial charge is 0.456 e. The van der Waals surface area contributed by atoms with Crippen LogP contribution in [-0.4, -0.2) is 108 Å². The number of rotatable bonds is 26. The van der Waals surface area contributed by atoms with E-state index in [-0.39, 0.29) is 22.6 Å². The van der Waals surface area contributed by atoms with Gasteiger partial charge in [0.15, 0.2) is 6.10 Å². The maximum absolute atomic E-state index is 13.0. The first kappa shape index (κ1) is 55.4. The number of hydrogen-bond donors (Lipinski definition) is 9. The molecule has 0 bridgehead atoms. The SMILES string of the molecule is CC#CC#CC#CC#CC(=O)OC[C@H](COP(=O)(O)OC1C(O)[C@@H](OP(=O)(O)O)C(O)[C@@H](OP(=O)(O)O)[C@H]1O)OC(=O)CCCCCCCCCCCCCCC.N.[HH].[HH].[HH].[HH].[HH].[HH].[HH]. The molecule has 344 valence electrons. The Kier molecular flexibility index (Phi) is 28.2. The average molecular weight is 902 g/mol.